The van der Waals surface area contributed by atoms with Crippen molar-refractivity contribution in [1.82, 2.24) is 0 Å². The van der Waals surface area contributed by atoms with E-state index < -0.39 is 18.0 Å². The molecule has 1 amide bonds. The van der Waals surface area contributed by atoms with Crippen LogP contribution >= 0.6 is 15.9 Å². The Morgan fingerprint density at radius 1 is 1.14 bits per heavy atom. The van der Waals surface area contributed by atoms with Crippen LogP contribution in [0.25, 0.3) is 11.1 Å². The lowest BCUT2D eigenvalue weighted by atomic mass is 10.0. The molecule has 2 aromatic carbocycles. The van der Waals surface area contributed by atoms with Crippen LogP contribution in [0.15, 0.2) is 46.9 Å². The van der Waals surface area contributed by atoms with Crippen LogP contribution in [-0.2, 0) is 4.79 Å². The molecular formula is C15H11BrF3NO2. The lowest BCUT2D eigenvalue weighted by Gasteiger charge is -2.18. The molecule has 0 aliphatic carbocycles. The van der Waals surface area contributed by atoms with Crippen LogP contribution in [0.4, 0.5) is 18.9 Å². The van der Waals surface area contributed by atoms with Gasteiger partial charge in [-0.3, -0.25) is 4.79 Å². The smallest absolute Gasteiger partial charge is 0.404 e. The summed E-state index contributed by atoms with van der Waals surface area (Å²) in [6.07, 6.45) is -4.85. The van der Waals surface area contributed by atoms with Gasteiger partial charge in [-0.05, 0) is 33.6 Å². The average molecular weight is 374 g/mol. The second-order valence-electron chi connectivity index (χ2n) is 4.39. The van der Waals surface area contributed by atoms with Crippen molar-refractivity contribution in [3.05, 3.63) is 46.9 Å². The van der Waals surface area contributed by atoms with E-state index in [1.54, 1.807) is 30.3 Å². The molecule has 0 aromatic heterocycles. The molecule has 0 spiro atoms. The zero-order valence-corrected chi connectivity index (χ0v) is 13.0. The van der Waals surface area contributed by atoms with Crippen LogP contribution in [-0.4, -0.2) is 12.3 Å². The van der Waals surface area contributed by atoms with Crippen molar-refractivity contribution < 1.29 is 22.7 Å². The first kappa shape index (κ1) is 16.4. The molecular weight excluding hydrogens is 363 g/mol. The Kier molecular flexibility index (Phi) is 4.75. The lowest BCUT2D eigenvalue weighted by molar-refractivity contribution is -0.274. The Labute approximate surface area is 133 Å². The van der Waals surface area contributed by atoms with Gasteiger partial charge in [-0.25, -0.2) is 0 Å². The lowest BCUT2D eigenvalue weighted by Crippen LogP contribution is -2.18. The molecule has 0 atom stereocenters. The molecule has 3 nitrogen and oxygen atoms in total. The van der Waals surface area contributed by atoms with Gasteiger partial charge in [0.2, 0.25) is 5.91 Å². The quantitative estimate of drug-likeness (QED) is 0.824. The van der Waals surface area contributed by atoms with Crippen LogP contribution in [0.3, 0.4) is 0 Å². The van der Waals surface area contributed by atoms with Gasteiger partial charge < -0.3 is 10.1 Å². The normalized spacial score (nSPS) is 11.1. The van der Waals surface area contributed by atoms with Crippen LogP contribution in [0.5, 0.6) is 5.75 Å². The van der Waals surface area contributed by atoms with E-state index in [4.69, 9.17) is 0 Å². The van der Waals surface area contributed by atoms with Crippen molar-refractivity contribution >= 4 is 27.5 Å². The van der Waals surface area contributed by atoms with E-state index in [-0.39, 0.29) is 15.7 Å². The zero-order valence-electron chi connectivity index (χ0n) is 11.4. The van der Waals surface area contributed by atoms with Crippen molar-refractivity contribution in [1.29, 1.82) is 0 Å². The van der Waals surface area contributed by atoms with E-state index in [1.165, 1.54) is 19.1 Å². The van der Waals surface area contributed by atoms with E-state index in [2.05, 4.69) is 26.0 Å². The first-order valence-corrected chi connectivity index (χ1v) is 6.98. The number of amides is 1. The minimum Gasteiger partial charge on any atom is -0.404 e. The molecule has 1 N–H and O–H groups in total. The molecule has 2 aromatic rings. The molecule has 0 fully saturated rings. The van der Waals surface area contributed by atoms with Gasteiger partial charge in [0, 0.05) is 12.5 Å². The summed E-state index contributed by atoms with van der Waals surface area (Å²) in [7, 11) is 0. The number of benzene rings is 2. The standard InChI is InChI=1S/C15H11BrF3NO2/c1-9(21)20-12-8-7-11(16)14(22-15(17,18)19)13(12)10-5-3-2-4-6-10/h2-8H,1H3,(H,20,21). The highest BCUT2D eigenvalue weighted by Crippen LogP contribution is 2.44. The fraction of sp³-hybridized carbons (Fsp3) is 0.133. The van der Waals surface area contributed by atoms with Gasteiger partial charge in [0.15, 0.2) is 5.75 Å². The van der Waals surface area contributed by atoms with E-state index in [1.807, 2.05) is 0 Å². The molecule has 2 rings (SSSR count). The molecule has 0 saturated heterocycles. The maximum Gasteiger partial charge on any atom is 0.573 e. The largest absolute Gasteiger partial charge is 0.573 e. The maximum absolute atomic E-state index is 12.7. The van der Waals surface area contributed by atoms with Gasteiger partial charge in [-0.2, -0.15) is 0 Å². The molecule has 7 heteroatoms. The summed E-state index contributed by atoms with van der Waals surface area (Å²) < 4.78 is 42.3. The van der Waals surface area contributed by atoms with Crippen molar-refractivity contribution in [2.24, 2.45) is 0 Å². The number of hydrogen-bond acceptors (Lipinski definition) is 2. The monoisotopic (exact) mass is 373 g/mol. The van der Waals surface area contributed by atoms with Crippen molar-refractivity contribution in [3.8, 4) is 16.9 Å². The minimum atomic E-state index is -4.85. The molecule has 22 heavy (non-hydrogen) atoms. The van der Waals surface area contributed by atoms with Crippen LogP contribution in [0.1, 0.15) is 6.92 Å². The van der Waals surface area contributed by atoms with Crippen LogP contribution in [0, 0.1) is 0 Å². The molecule has 0 bridgehead atoms. The van der Waals surface area contributed by atoms with Gasteiger partial charge in [0.25, 0.3) is 0 Å². The predicted molar refractivity (Wildman–Crippen MR) is 80.6 cm³/mol. The van der Waals surface area contributed by atoms with E-state index in [0.29, 0.717) is 5.56 Å². The summed E-state index contributed by atoms with van der Waals surface area (Å²) in [5, 5.41) is 2.52. The van der Waals surface area contributed by atoms with E-state index >= 15 is 0 Å². The summed E-state index contributed by atoms with van der Waals surface area (Å²) >= 11 is 3.06. The highest BCUT2D eigenvalue weighted by atomic mass is 79.9. The van der Waals surface area contributed by atoms with E-state index in [9.17, 15) is 18.0 Å². The molecule has 0 saturated carbocycles. The predicted octanol–water partition coefficient (Wildman–Crippen LogP) is 4.97. The number of halogens is 4. The summed E-state index contributed by atoms with van der Waals surface area (Å²) in [4.78, 5) is 11.3. The Balaban J connectivity index is 2.67. The second kappa shape index (κ2) is 6.39. The van der Waals surface area contributed by atoms with Crippen molar-refractivity contribution in [2.45, 2.75) is 13.3 Å². The average Bonchev–Trinajstić information content (AvgIpc) is 2.41. The first-order valence-electron chi connectivity index (χ1n) is 6.19. The number of carbonyl (C=O) groups excluding carboxylic acids is 1. The third-order valence-electron chi connectivity index (χ3n) is 2.70. The molecule has 0 aliphatic rings. The minimum absolute atomic E-state index is 0.137. The second-order valence-corrected chi connectivity index (χ2v) is 5.25. The van der Waals surface area contributed by atoms with Gasteiger partial charge >= 0.3 is 6.36 Å². The number of anilines is 1. The first-order chi connectivity index (χ1) is 10.3. The fourth-order valence-corrected chi connectivity index (χ4v) is 2.37. The highest BCUT2D eigenvalue weighted by molar-refractivity contribution is 9.10. The van der Waals surface area contributed by atoms with Gasteiger partial charge in [0.1, 0.15) is 0 Å². The number of carbonyl (C=O) groups is 1. The summed E-state index contributed by atoms with van der Waals surface area (Å²) in [5.74, 6) is -0.789. The number of nitrogens with one attached hydrogen (secondary N) is 1. The third kappa shape index (κ3) is 4.00. The topological polar surface area (TPSA) is 38.3 Å². The van der Waals surface area contributed by atoms with Gasteiger partial charge in [-0.15, -0.1) is 13.2 Å². The molecule has 116 valence electrons. The van der Waals surface area contributed by atoms with Crippen LogP contribution < -0.4 is 10.1 Å². The number of rotatable bonds is 3. The third-order valence-corrected chi connectivity index (χ3v) is 3.33. The Morgan fingerprint density at radius 2 is 1.77 bits per heavy atom. The van der Waals surface area contributed by atoms with E-state index in [0.717, 1.165) is 0 Å². The van der Waals surface area contributed by atoms with Gasteiger partial charge in [0.05, 0.1) is 10.2 Å². The van der Waals surface area contributed by atoms with Gasteiger partial charge in [-0.1, -0.05) is 30.3 Å². The Hall–Kier alpha value is -2.02. The summed E-state index contributed by atoms with van der Waals surface area (Å²) in [6.45, 7) is 1.28. The Morgan fingerprint density at radius 3 is 2.32 bits per heavy atom. The SMILES string of the molecule is CC(=O)Nc1ccc(Br)c(OC(F)(F)F)c1-c1ccccc1. The Bertz CT molecular complexity index is 687. The van der Waals surface area contributed by atoms with Crippen molar-refractivity contribution in [2.75, 3.05) is 5.32 Å². The molecule has 0 aliphatic heterocycles. The zero-order chi connectivity index (χ0) is 16.3. The number of alkyl halides is 3. The fourth-order valence-electron chi connectivity index (χ4n) is 1.96. The number of hydrogen-bond donors (Lipinski definition) is 1. The summed E-state index contributed by atoms with van der Waals surface area (Å²) in [5.41, 5.74) is 0.885. The van der Waals surface area contributed by atoms with Crippen LogP contribution in [0.2, 0.25) is 0 Å². The molecule has 0 unspecified atom stereocenters. The molecule has 0 heterocycles. The van der Waals surface area contributed by atoms with Crippen molar-refractivity contribution in [3.63, 3.8) is 0 Å². The highest BCUT2D eigenvalue weighted by Gasteiger charge is 2.34. The molecule has 0 radical (unpaired) electrons. The number of ether oxygens (including phenoxy) is 1. The maximum atomic E-state index is 12.7. The summed E-state index contributed by atoms with van der Waals surface area (Å²) in [6, 6.07) is 11.3.